The quantitative estimate of drug-likeness (QED) is 0.733. The molecule has 1 amide bonds. The molecule has 3 aromatic carbocycles. The van der Waals surface area contributed by atoms with E-state index in [0.717, 1.165) is 5.56 Å². The van der Waals surface area contributed by atoms with Crippen molar-refractivity contribution in [2.45, 2.75) is 11.6 Å². The van der Waals surface area contributed by atoms with Gasteiger partial charge in [-0.15, -0.1) is 0 Å². The Kier molecular flexibility index (Phi) is 4.53. The van der Waals surface area contributed by atoms with Crippen LogP contribution in [0.5, 0.6) is 11.5 Å². The molecule has 5 heteroatoms. The second-order valence-corrected chi connectivity index (χ2v) is 6.72. The number of hydrogen-bond donors (Lipinski definition) is 2. The van der Waals surface area contributed by atoms with Crippen molar-refractivity contribution in [2.75, 3.05) is 14.2 Å². The summed E-state index contributed by atoms with van der Waals surface area (Å²) in [6.45, 7) is 0. The maximum absolute atomic E-state index is 12.7. The summed E-state index contributed by atoms with van der Waals surface area (Å²) in [7, 11) is 3.20. The molecule has 0 fully saturated rings. The van der Waals surface area contributed by atoms with Crippen molar-refractivity contribution in [3.8, 4) is 11.5 Å². The smallest absolute Gasteiger partial charge is 0.252 e. The van der Waals surface area contributed by atoms with Crippen molar-refractivity contribution < 1.29 is 19.4 Å². The van der Waals surface area contributed by atoms with E-state index in [1.165, 1.54) is 0 Å². The first-order valence-corrected chi connectivity index (χ1v) is 8.99. The summed E-state index contributed by atoms with van der Waals surface area (Å²) in [4.78, 5) is 12.7. The molecule has 0 bridgehead atoms. The summed E-state index contributed by atoms with van der Waals surface area (Å²) in [6.07, 6.45) is 0. The van der Waals surface area contributed by atoms with Crippen LogP contribution in [0.15, 0.2) is 72.8 Å². The van der Waals surface area contributed by atoms with Crippen LogP contribution >= 0.6 is 0 Å². The fourth-order valence-electron chi connectivity index (χ4n) is 3.77. The first kappa shape index (κ1) is 18.1. The summed E-state index contributed by atoms with van der Waals surface area (Å²) in [5, 5.41) is 15.0. The molecular weight excluding hydrogens is 354 g/mol. The minimum Gasteiger partial charge on any atom is -0.497 e. The van der Waals surface area contributed by atoms with E-state index in [1.54, 1.807) is 44.6 Å². The van der Waals surface area contributed by atoms with E-state index in [2.05, 4.69) is 5.32 Å². The van der Waals surface area contributed by atoms with E-state index in [-0.39, 0.29) is 5.91 Å². The molecule has 0 aromatic heterocycles. The van der Waals surface area contributed by atoms with Crippen LogP contribution in [0.3, 0.4) is 0 Å². The molecule has 3 aromatic rings. The van der Waals surface area contributed by atoms with E-state index in [9.17, 15) is 9.90 Å². The molecule has 5 nitrogen and oxygen atoms in total. The molecule has 0 spiro atoms. The highest BCUT2D eigenvalue weighted by atomic mass is 16.5. The molecule has 142 valence electrons. The molecule has 2 atom stereocenters. The first-order valence-electron chi connectivity index (χ1n) is 8.99. The standard InChI is InChI=1S/C23H21NO4/c1-27-17-11-7-15(8-12-17)21-23(26,16-9-13-18(28-2)14-10-16)20-6-4-3-5-19(20)22(25)24-21/h3-14,21,26H,1-2H3,(H,24,25)/t21-,23-/m0/s1. The van der Waals surface area contributed by atoms with Crippen LogP contribution in [0.25, 0.3) is 0 Å². The summed E-state index contributed by atoms with van der Waals surface area (Å²) in [5.41, 5.74) is 1.05. The van der Waals surface area contributed by atoms with Crippen LogP contribution in [0.2, 0.25) is 0 Å². The minimum atomic E-state index is -1.44. The number of carbonyl (C=O) groups excluding carboxylic acids is 1. The van der Waals surface area contributed by atoms with E-state index in [1.807, 2.05) is 42.5 Å². The maximum Gasteiger partial charge on any atom is 0.252 e. The van der Waals surface area contributed by atoms with Crippen molar-refractivity contribution in [3.63, 3.8) is 0 Å². The number of fused-ring (bicyclic) bond motifs is 1. The Morgan fingerprint density at radius 2 is 1.43 bits per heavy atom. The highest BCUT2D eigenvalue weighted by molar-refractivity contribution is 5.98. The van der Waals surface area contributed by atoms with Gasteiger partial charge in [-0.3, -0.25) is 4.79 Å². The Hall–Kier alpha value is -3.31. The Morgan fingerprint density at radius 3 is 2.04 bits per heavy atom. The van der Waals surface area contributed by atoms with Gasteiger partial charge in [0.05, 0.1) is 20.3 Å². The normalized spacial score (nSPS) is 20.8. The van der Waals surface area contributed by atoms with Gasteiger partial charge in [0.15, 0.2) is 0 Å². The molecule has 0 saturated heterocycles. The minimum absolute atomic E-state index is 0.213. The molecule has 4 rings (SSSR count). The zero-order valence-electron chi connectivity index (χ0n) is 15.7. The van der Waals surface area contributed by atoms with Gasteiger partial charge in [0, 0.05) is 11.1 Å². The van der Waals surface area contributed by atoms with Gasteiger partial charge in [-0.25, -0.2) is 0 Å². The van der Waals surface area contributed by atoms with Crippen molar-refractivity contribution in [1.29, 1.82) is 0 Å². The third-order valence-corrected chi connectivity index (χ3v) is 5.25. The molecule has 1 aliphatic rings. The number of nitrogens with one attached hydrogen (secondary N) is 1. The second-order valence-electron chi connectivity index (χ2n) is 6.72. The van der Waals surface area contributed by atoms with E-state index < -0.39 is 11.6 Å². The van der Waals surface area contributed by atoms with E-state index in [0.29, 0.717) is 28.2 Å². The largest absolute Gasteiger partial charge is 0.497 e. The van der Waals surface area contributed by atoms with Gasteiger partial charge in [0.1, 0.15) is 17.1 Å². The molecule has 0 unspecified atom stereocenters. The lowest BCUT2D eigenvalue weighted by molar-refractivity contribution is 0.0256. The van der Waals surface area contributed by atoms with Crippen LogP contribution in [-0.4, -0.2) is 25.2 Å². The number of amides is 1. The lowest BCUT2D eigenvalue weighted by Gasteiger charge is -2.42. The molecule has 0 aliphatic carbocycles. The van der Waals surface area contributed by atoms with Gasteiger partial charge in [-0.2, -0.15) is 0 Å². The summed E-state index contributed by atoms with van der Waals surface area (Å²) in [6, 6.07) is 21.1. The van der Waals surface area contributed by atoms with Crippen LogP contribution in [-0.2, 0) is 5.60 Å². The average Bonchev–Trinajstić information content (AvgIpc) is 2.76. The summed E-state index contributed by atoms with van der Waals surface area (Å²) in [5.74, 6) is 1.19. The highest BCUT2D eigenvalue weighted by Gasteiger charge is 2.47. The zero-order chi connectivity index (χ0) is 19.7. The number of methoxy groups -OCH3 is 2. The van der Waals surface area contributed by atoms with Gasteiger partial charge in [-0.1, -0.05) is 42.5 Å². The Morgan fingerprint density at radius 1 is 0.857 bits per heavy atom. The molecular formula is C23H21NO4. The Bertz CT molecular complexity index is 998. The second kappa shape index (κ2) is 7.02. The predicted molar refractivity (Wildman–Crippen MR) is 106 cm³/mol. The molecule has 28 heavy (non-hydrogen) atoms. The van der Waals surface area contributed by atoms with Gasteiger partial charge >= 0.3 is 0 Å². The molecule has 0 radical (unpaired) electrons. The van der Waals surface area contributed by atoms with Crippen molar-refractivity contribution in [3.05, 3.63) is 95.1 Å². The van der Waals surface area contributed by atoms with Crippen molar-refractivity contribution >= 4 is 5.91 Å². The number of hydrogen-bond acceptors (Lipinski definition) is 4. The van der Waals surface area contributed by atoms with E-state index in [4.69, 9.17) is 9.47 Å². The van der Waals surface area contributed by atoms with Gasteiger partial charge < -0.3 is 19.9 Å². The lowest BCUT2D eigenvalue weighted by atomic mass is 9.73. The topological polar surface area (TPSA) is 67.8 Å². The molecule has 1 heterocycles. The summed E-state index contributed by atoms with van der Waals surface area (Å²) >= 11 is 0. The van der Waals surface area contributed by atoms with Gasteiger partial charge in [0.25, 0.3) is 5.91 Å². The number of aliphatic hydroxyl groups is 1. The van der Waals surface area contributed by atoms with Gasteiger partial charge in [-0.05, 0) is 41.5 Å². The van der Waals surface area contributed by atoms with Crippen LogP contribution in [0, 0.1) is 0 Å². The molecule has 0 saturated carbocycles. The number of carbonyl (C=O) groups is 1. The van der Waals surface area contributed by atoms with Crippen LogP contribution < -0.4 is 14.8 Å². The number of rotatable bonds is 4. The Balaban J connectivity index is 1.91. The summed E-state index contributed by atoms with van der Waals surface area (Å²) < 4.78 is 10.5. The maximum atomic E-state index is 12.7. The third-order valence-electron chi connectivity index (χ3n) is 5.25. The van der Waals surface area contributed by atoms with Crippen molar-refractivity contribution in [1.82, 2.24) is 5.32 Å². The zero-order valence-corrected chi connectivity index (χ0v) is 15.7. The van der Waals surface area contributed by atoms with Crippen molar-refractivity contribution in [2.24, 2.45) is 0 Å². The molecule has 2 N–H and O–H groups in total. The highest BCUT2D eigenvalue weighted by Crippen LogP contribution is 2.45. The fraction of sp³-hybridized carbons (Fsp3) is 0.174. The van der Waals surface area contributed by atoms with Gasteiger partial charge in [0.2, 0.25) is 0 Å². The SMILES string of the molecule is COc1ccc([C@@H]2NC(=O)c3ccccc3[C@@]2(O)c2ccc(OC)cc2)cc1. The van der Waals surface area contributed by atoms with E-state index >= 15 is 0 Å². The number of benzene rings is 3. The average molecular weight is 375 g/mol. The predicted octanol–water partition coefficient (Wildman–Crippen LogP) is 3.42. The first-order chi connectivity index (χ1) is 13.6. The lowest BCUT2D eigenvalue weighted by Crippen LogP contribution is -2.50. The van der Waals surface area contributed by atoms with Crippen LogP contribution in [0.1, 0.15) is 33.1 Å². The number of ether oxygens (including phenoxy) is 2. The molecule has 1 aliphatic heterocycles. The fourth-order valence-corrected chi connectivity index (χ4v) is 3.77. The third kappa shape index (κ3) is 2.80. The Labute approximate surface area is 163 Å². The van der Waals surface area contributed by atoms with Crippen LogP contribution in [0.4, 0.5) is 0 Å². The monoisotopic (exact) mass is 375 g/mol.